The Hall–Kier alpha value is -2.58. The first-order valence-electron chi connectivity index (χ1n) is 9.51. The number of ether oxygens (including phenoxy) is 1. The van der Waals surface area contributed by atoms with Crippen LogP contribution in [-0.2, 0) is 27.4 Å². The zero-order chi connectivity index (χ0) is 20.2. The summed E-state index contributed by atoms with van der Waals surface area (Å²) in [7, 11) is 1.74. The molecular weight excluding hydrogens is 393 g/mol. The smallest absolute Gasteiger partial charge is 0.230 e. The van der Waals surface area contributed by atoms with Crippen molar-refractivity contribution in [2.75, 3.05) is 13.6 Å². The van der Waals surface area contributed by atoms with E-state index < -0.39 is 17.4 Å². The first-order valence-corrected chi connectivity index (χ1v) is 10.4. The molecule has 1 spiro atoms. The molecule has 0 saturated carbocycles. The number of carbonyl (C=O) groups is 2. The highest BCUT2D eigenvalue weighted by atomic mass is 32.1. The highest BCUT2D eigenvalue weighted by Crippen LogP contribution is 2.52. The van der Waals surface area contributed by atoms with Gasteiger partial charge in [-0.05, 0) is 17.7 Å². The number of thiazole rings is 1. The van der Waals surface area contributed by atoms with Crippen molar-refractivity contribution in [1.82, 2.24) is 14.8 Å². The van der Waals surface area contributed by atoms with E-state index in [1.807, 2.05) is 17.5 Å². The fraction of sp³-hybridized carbons (Fsp3) is 0.381. The molecule has 1 aromatic heterocycles. The summed E-state index contributed by atoms with van der Waals surface area (Å²) in [6.07, 6.45) is 5.19. The van der Waals surface area contributed by atoms with Crippen LogP contribution in [0.5, 0.6) is 0 Å². The maximum atomic E-state index is 13.3. The van der Waals surface area contributed by atoms with Gasteiger partial charge >= 0.3 is 0 Å². The molecule has 3 aliphatic rings. The Labute approximate surface area is 171 Å². The zero-order valence-electron chi connectivity index (χ0n) is 15.8. The molecule has 1 aromatic carbocycles. The van der Waals surface area contributed by atoms with Crippen molar-refractivity contribution in [3.63, 3.8) is 0 Å². The third-order valence-electron chi connectivity index (χ3n) is 5.98. The van der Waals surface area contributed by atoms with Crippen LogP contribution in [0.3, 0.4) is 0 Å². The predicted molar refractivity (Wildman–Crippen MR) is 104 cm³/mol. The van der Waals surface area contributed by atoms with Crippen molar-refractivity contribution < 1.29 is 18.7 Å². The molecule has 29 heavy (non-hydrogen) atoms. The molecule has 3 aliphatic heterocycles. The van der Waals surface area contributed by atoms with Crippen LogP contribution in [0.15, 0.2) is 48.0 Å². The summed E-state index contributed by atoms with van der Waals surface area (Å²) < 4.78 is 19.3. The number of amides is 2. The lowest BCUT2D eigenvalue weighted by Crippen LogP contribution is -2.44. The molecule has 0 N–H and O–H groups in total. The second-order valence-corrected chi connectivity index (χ2v) is 8.82. The Balaban J connectivity index is 1.36. The van der Waals surface area contributed by atoms with Gasteiger partial charge in [-0.25, -0.2) is 9.37 Å². The van der Waals surface area contributed by atoms with Gasteiger partial charge < -0.3 is 14.5 Å². The number of hydrogen-bond donors (Lipinski definition) is 0. The van der Waals surface area contributed by atoms with E-state index in [4.69, 9.17) is 4.74 Å². The van der Waals surface area contributed by atoms with Crippen LogP contribution >= 0.6 is 11.3 Å². The van der Waals surface area contributed by atoms with Crippen molar-refractivity contribution in [2.45, 2.75) is 24.8 Å². The van der Waals surface area contributed by atoms with Crippen LogP contribution in [0.25, 0.3) is 0 Å². The van der Waals surface area contributed by atoms with Gasteiger partial charge in [-0.3, -0.25) is 9.59 Å². The number of rotatable bonds is 5. The number of benzene rings is 1. The van der Waals surface area contributed by atoms with Crippen molar-refractivity contribution >= 4 is 23.2 Å². The molecule has 8 heteroatoms. The summed E-state index contributed by atoms with van der Waals surface area (Å²) in [6.45, 7) is 1.19. The van der Waals surface area contributed by atoms with Gasteiger partial charge in [0, 0.05) is 25.2 Å². The molecule has 2 bridgehead atoms. The lowest BCUT2D eigenvalue weighted by Gasteiger charge is -2.27. The average molecular weight is 413 g/mol. The lowest BCUT2D eigenvalue weighted by atomic mass is 9.76. The third kappa shape index (κ3) is 2.98. The normalized spacial score (nSPS) is 29.5. The molecule has 0 aliphatic carbocycles. The summed E-state index contributed by atoms with van der Waals surface area (Å²) in [5.74, 6) is -1.55. The molecule has 150 valence electrons. The zero-order valence-corrected chi connectivity index (χ0v) is 16.6. The Morgan fingerprint density at radius 3 is 2.93 bits per heavy atom. The van der Waals surface area contributed by atoms with Crippen LogP contribution in [0.4, 0.5) is 4.39 Å². The van der Waals surface area contributed by atoms with E-state index in [1.165, 1.54) is 23.5 Å². The van der Waals surface area contributed by atoms with Crippen molar-refractivity contribution in [1.29, 1.82) is 0 Å². The Kier molecular flexibility index (Phi) is 4.29. The molecule has 2 aromatic rings. The number of aromatic nitrogens is 1. The topological polar surface area (TPSA) is 62.7 Å². The largest absolute Gasteiger partial charge is 0.360 e. The predicted octanol–water partition coefficient (Wildman–Crippen LogP) is 2.22. The summed E-state index contributed by atoms with van der Waals surface area (Å²) in [5.41, 5.74) is 0.0999. The van der Waals surface area contributed by atoms with Gasteiger partial charge in [-0.1, -0.05) is 24.3 Å². The second kappa shape index (κ2) is 6.74. The Bertz CT molecular complexity index is 978. The summed E-state index contributed by atoms with van der Waals surface area (Å²) in [5, 5.41) is 2.73. The van der Waals surface area contributed by atoms with Crippen LogP contribution in [0, 0.1) is 17.7 Å². The maximum Gasteiger partial charge on any atom is 0.230 e. The quantitative estimate of drug-likeness (QED) is 0.706. The van der Waals surface area contributed by atoms with Gasteiger partial charge in [-0.15, -0.1) is 11.3 Å². The lowest BCUT2D eigenvalue weighted by molar-refractivity contribution is -0.142. The average Bonchev–Trinajstić information content (AvgIpc) is 3.46. The van der Waals surface area contributed by atoms with Crippen LogP contribution < -0.4 is 0 Å². The van der Waals surface area contributed by atoms with Crippen LogP contribution in [-0.4, -0.2) is 51.9 Å². The van der Waals surface area contributed by atoms with E-state index in [2.05, 4.69) is 4.98 Å². The number of halogens is 1. The van der Waals surface area contributed by atoms with E-state index >= 15 is 0 Å². The molecule has 5 rings (SSSR count). The van der Waals surface area contributed by atoms with Crippen molar-refractivity contribution in [3.8, 4) is 0 Å². The van der Waals surface area contributed by atoms with Crippen molar-refractivity contribution in [3.05, 3.63) is 64.4 Å². The fourth-order valence-corrected chi connectivity index (χ4v) is 5.34. The van der Waals surface area contributed by atoms with E-state index in [0.717, 1.165) is 10.6 Å². The number of hydrogen-bond acceptors (Lipinski definition) is 5. The minimum atomic E-state index is -0.746. The second-order valence-electron chi connectivity index (χ2n) is 7.84. The molecule has 0 radical (unpaired) electrons. The van der Waals surface area contributed by atoms with Gasteiger partial charge in [0.25, 0.3) is 0 Å². The highest BCUT2D eigenvalue weighted by Gasteiger charge is 2.67. The molecule has 2 amide bonds. The molecule has 2 saturated heterocycles. The maximum absolute atomic E-state index is 13.3. The van der Waals surface area contributed by atoms with Gasteiger partial charge in [-0.2, -0.15) is 0 Å². The van der Waals surface area contributed by atoms with E-state index in [1.54, 1.807) is 35.2 Å². The number of carbonyl (C=O) groups excluding carboxylic acids is 2. The summed E-state index contributed by atoms with van der Waals surface area (Å²) in [6, 6.07) is 6.12. The molecule has 6 nitrogen and oxygen atoms in total. The molecular formula is C21H20FN3O3S. The minimum Gasteiger partial charge on any atom is -0.360 e. The summed E-state index contributed by atoms with van der Waals surface area (Å²) in [4.78, 5) is 34.1. The van der Waals surface area contributed by atoms with E-state index in [9.17, 15) is 14.0 Å². The van der Waals surface area contributed by atoms with Crippen molar-refractivity contribution in [2.24, 2.45) is 11.8 Å². The molecule has 4 heterocycles. The first kappa shape index (κ1) is 18.4. The molecule has 4 atom stereocenters. The van der Waals surface area contributed by atoms with Gasteiger partial charge in [0.05, 0.1) is 31.0 Å². The van der Waals surface area contributed by atoms with Gasteiger partial charge in [0.1, 0.15) is 16.4 Å². The minimum absolute atomic E-state index is 0.0813. The third-order valence-corrected chi connectivity index (χ3v) is 6.75. The standard InChI is InChI=1S/C21H20FN3O3S/c1-24(11-16-23-8-9-29-16)19(26)17-15-6-7-21(28-15)12-25(20(27)18(17)21)10-13-2-4-14(22)5-3-13/h2-9,15,17-18H,10-12H2,1H3/t15-,17-,18+,21-/m0/s1. The molecule has 2 fully saturated rings. The van der Waals surface area contributed by atoms with Crippen LogP contribution in [0.2, 0.25) is 0 Å². The highest BCUT2D eigenvalue weighted by molar-refractivity contribution is 7.09. The van der Waals surface area contributed by atoms with E-state index in [-0.39, 0.29) is 23.7 Å². The Morgan fingerprint density at radius 1 is 1.41 bits per heavy atom. The van der Waals surface area contributed by atoms with Crippen LogP contribution in [0.1, 0.15) is 10.6 Å². The summed E-state index contributed by atoms with van der Waals surface area (Å²) >= 11 is 1.50. The van der Waals surface area contributed by atoms with Gasteiger partial charge in [0.15, 0.2) is 0 Å². The molecule has 0 unspecified atom stereocenters. The SMILES string of the molecule is CN(Cc1nccs1)C(=O)[C@H]1[C@@H]2C=C[C@@]3(CN(Cc4ccc(F)cc4)C(=O)[C@@H]13)O2. The number of likely N-dealkylation sites (tertiary alicyclic amines) is 1. The monoisotopic (exact) mass is 413 g/mol. The number of nitrogens with zero attached hydrogens (tertiary/aromatic N) is 3. The first-order chi connectivity index (χ1) is 14.0. The number of fused-ring (bicyclic) bond motifs is 1. The Morgan fingerprint density at radius 2 is 2.21 bits per heavy atom. The van der Waals surface area contributed by atoms with Gasteiger partial charge in [0.2, 0.25) is 11.8 Å². The van der Waals surface area contributed by atoms with E-state index in [0.29, 0.717) is 19.6 Å². The fourth-order valence-electron chi connectivity index (χ4n) is 4.67.